The van der Waals surface area contributed by atoms with Crippen LogP contribution in [0.3, 0.4) is 0 Å². The van der Waals surface area contributed by atoms with E-state index in [2.05, 4.69) is 69.3 Å². The van der Waals surface area contributed by atoms with Gasteiger partial charge in [-0.3, -0.25) is 0 Å². The highest BCUT2D eigenvalue weighted by Crippen LogP contribution is 2.30. The average molecular weight is 376 g/mol. The highest BCUT2D eigenvalue weighted by molar-refractivity contribution is 9.11. The zero-order chi connectivity index (χ0) is 11.7. The molecule has 0 N–H and O–H groups in total. The second-order valence-corrected chi connectivity index (χ2v) is 6.26. The molecule has 2 aromatic carbocycles. The molecule has 0 radical (unpaired) electrons. The first-order valence-electron chi connectivity index (χ1n) is 4.54. The quantitative estimate of drug-likeness (QED) is 0.607. The van der Waals surface area contributed by atoms with E-state index in [0.717, 1.165) is 29.9 Å². The number of rotatable bonds is 1. The van der Waals surface area contributed by atoms with Crippen molar-refractivity contribution in [1.29, 1.82) is 0 Å². The molecular weight excluding hydrogens is 368 g/mol. The topological polar surface area (TPSA) is 0 Å². The Bertz CT molecular complexity index is 449. The highest BCUT2D eigenvalue weighted by Gasteiger charge is 2.02. The largest absolute Gasteiger partial charge is 0.143 e. The molecule has 16 heavy (non-hydrogen) atoms. The third-order valence-electron chi connectivity index (χ3n) is 2.10. The molecule has 0 aromatic heterocycles. The Morgan fingerprint density at radius 3 is 1.56 bits per heavy atom. The van der Waals surface area contributed by atoms with Gasteiger partial charge in [0.25, 0.3) is 0 Å². The molecule has 0 heterocycles. The van der Waals surface area contributed by atoms with E-state index in [4.69, 9.17) is 0 Å². The standard InChI is InChI=1S/C12H8Br2S2/c13-9-1-7(2-10(14)5-9)8-3-11(15)6-12(16)4-8/h1-6,15-16H. The van der Waals surface area contributed by atoms with Crippen LogP contribution in [0.2, 0.25) is 0 Å². The maximum atomic E-state index is 4.35. The van der Waals surface area contributed by atoms with Crippen LogP contribution in [0.5, 0.6) is 0 Å². The molecular formula is C12H8Br2S2. The Morgan fingerprint density at radius 1 is 0.625 bits per heavy atom. The SMILES string of the molecule is Sc1cc(S)cc(-c2cc(Br)cc(Br)c2)c1. The average Bonchev–Trinajstić information content (AvgIpc) is 2.14. The molecule has 82 valence electrons. The minimum Gasteiger partial charge on any atom is -0.143 e. The lowest BCUT2D eigenvalue weighted by Crippen LogP contribution is -1.80. The molecule has 0 unspecified atom stereocenters. The molecule has 4 heteroatoms. The third kappa shape index (κ3) is 3.06. The van der Waals surface area contributed by atoms with Gasteiger partial charge < -0.3 is 0 Å². The van der Waals surface area contributed by atoms with Crippen LogP contribution in [0.1, 0.15) is 0 Å². The van der Waals surface area contributed by atoms with Crippen molar-refractivity contribution < 1.29 is 0 Å². The van der Waals surface area contributed by atoms with E-state index < -0.39 is 0 Å². The van der Waals surface area contributed by atoms with Gasteiger partial charge in [-0.2, -0.15) is 0 Å². The molecule has 0 amide bonds. The first-order chi connectivity index (χ1) is 7.54. The lowest BCUT2D eigenvalue weighted by Gasteiger charge is -2.06. The summed E-state index contributed by atoms with van der Waals surface area (Å²) in [5.41, 5.74) is 2.24. The summed E-state index contributed by atoms with van der Waals surface area (Å²) in [6.45, 7) is 0. The first kappa shape index (κ1) is 12.6. The van der Waals surface area contributed by atoms with Crippen LogP contribution in [0.15, 0.2) is 55.1 Å². The van der Waals surface area contributed by atoms with Crippen molar-refractivity contribution in [3.63, 3.8) is 0 Å². The minimum absolute atomic E-state index is 0.915. The van der Waals surface area contributed by atoms with Crippen LogP contribution in [-0.4, -0.2) is 0 Å². The maximum Gasteiger partial charge on any atom is 0.0192 e. The number of halogens is 2. The normalized spacial score (nSPS) is 10.5. The minimum atomic E-state index is 0.915. The van der Waals surface area contributed by atoms with Gasteiger partial charge in [0, 0.05) is 18.7 Å². The highest BCUT2D eigenvalue weighted by atomic mass is 79.9. The first-order valence-corrected chi connectivity index (χ1v) is 7.02. The Morgan fingerprint density at radius 2 is 1.06 bits per heavy atom. The van der Waals surface area contributed by atoms with Crippen molar-refractivity contribution in [3.8, 4) is 11.1 Å². The van der Waals surface area contributed by atoms with Gasteiger partial charge in [0.2, 0.25) is 0 Å². The summed E-state index contributed by atoms with van der Waals surface area (Å²) >= 11 is 15.7. The van der Waals surface area contributed by atoms with Crippen molar-refractivity contribution >= 4 is 57.1 Å². The molecule has 2 rings (SSSR count). The van der Waals surface area contributed by atoms with Crippen LogP contribution >= 0.6 is 57.1 Å². The van der Waals surface area contributed by atoms with Gasteiger partial charge in [-0.05, 0) is 47.5 Å². The van der Waals surface area contributed by atoms with E-state index in [-0.39, 0.29) is 0 Å². The molecule has 2 aromatic rings. The van der Waals surface area contributed by atoms with Crippen molar-refractivity contribution in [2.75, 3.05) is 0 Å². The third-order valence-corrected chi connectivity index (χ3v) is 3.53. The molecule has 0 aliphatic heterocycles. The van der Waals surface area contributed by atoms with Gasteiger partial charge >= 0.3 is 0 Å². The lowest BCUT2D eigenvalue weighted by molar-refractivity contribution is 1.34. The Labute approximate surface area is 123 Å². The lowest BCUT2D eigenvalue weighted by atomic mass is 10.1. The van der Waals surface area contributed by atoms with Gasteiger partial charge in [0.1, 0.15) is 0 Å². The summed E-state index contributed by atoms with van der Waals surface area (Å²) in [6.07, 6.45) is 0. The molecule has 0 nitrogen and oxygen atoms in total. The molecule has 0 fully saturated rings. The Kier molecular flexibility index (Phi) is 4.06. The summed E-state index contributed by atoms with van der Waals surface area (Å²) in [6, 6.07) is 12.1. The zero-order valence-corrected chi connectivity index (χ0v) is 13.1. The van der Waals surface area contributed by atoms with E-state index in [0.29, 0.717) is 0 Å². The van der Waals surface area contributed by atoms with Gasteiger partial charge in [-0.25, -0.2) is 0 Å². The number of hydrogen-bond acceptors (Lipinski definition) is 2. The molecule has 0 atom stereocenters. The van der Waals surface area contributed by atoms with E-state index in [1.165, 1.54) is 0 Å². The number of thiol groups is 2. The second-order valence-electron chi connectivity index (χ2n) is 3.40. The van der Waals surface area contributed by atoms with Crippen LogP contribution in [-0.2, 0) is 0 Å². The molecule has 0 aliphatic rings. The zero-order valence-electron chi connectivity index (χ0n) is 8.11. The van der Waals surface area contributed by atoms with E-state index in [1.807, 2.05) is 24.3 Å². The van der Waals surface area contributed by atoms with Crippen LogP contribution in [0.4, 0.5) is 0 Å². The number of hydrogen-bond donors (Lipinski definition) is 2. The van der Waals surface area contributed by atoms with Crippen LogP contribution < -0.4 is 0 Å². The van der Waals surface area contributed by atoms with Crippen molar-refractivity contribution in [1.82, 2.24) is 0 Å². The van der Waals surface area contributed by atoms with Crippen molar-refractivity contribution in [3.05, 3.63) is 45.3 Å². The summed E-state index contributed by atoms with van der Waals surface area (Å²) in [7, 11) is 0. The van der Waals surface area contributed by atoms with Crippen LogP contribution in [0, 0.1) is 0 Å². The fourth-order valence-corrected chi connectivity index (χ4v) is 3.43. The van der Waals surface area contributed by atoms with Gasteiger partial charge in [0.15, 0.2) is 0 Å². The Balaban J connectivity index is 2.57. The monoisotopic (exact) mass is 374 g/mol. The Hall–Kier alpha value is 0.1000. The summed E-state index contributed by atoms with van der Waals surface area (Å²) < 4.78 is 2.09. The van der Waals surface area contributed by atoms with Crippen LogP contribution in [0.25, 0.3) is 11.1 Å². The molecule has 0 spiro atoms. The molecule has 0 saturated carbocycles. The van der Waals surface area contributed by atoms with Gasteiger partial charge in [-0.15, -0.1) is 25.3 Å². The maximum absolute atomic E-state index is 4.35. The molecule has 0 bridgehead atoms. The molecule has 0 aliphatic carbocycles. The predicted molar refractivity (Wildman–Crippen MR) is 81.8 cm³/mol. The van der Waals surface area contributed by atoms with E-state index in [1.54, 1.807) is 0 Å². The smallest absolute Gasteiger partial charge is 0.0192 e. The van der Waals surface area contributed by atoms with Gasteiger partial charge in [-0.1, -0.05) is 31.9 Å². The fraction of sp³-hybridized carbons (Fsp3) is 0. The molecule has 0 saturated heterocycles. The number of benzene rings is 2. The van der Waals surface area contributed by atoms with Crippen molar-refractivity contribution in [2.45, 2.75) is 9.79 Å². The summed E-state index contributed by atoms with van der Waals surface area (Å²) in [4.78, 5) is 1.83. The second kappa shape index (κ2) is 5.17. The summed E-state index contributed by atoms with van der Waals surface area (Å²) in [5.74, 6) is 0. The van der Waals surface area contributed by atoms with Gasteiger partial charge in [0.05, 0.1) is 0 Å². The van der Waals surface area contributed by atoms with E-state index >= 15 is 0 Å². The summed E-state index contributed by atoms with van der Waals surface area (Å²) in [5, 5.41) is 0. The predicted octanol–water partition coefficient (Wildman–Crippen LogP) is 5.46. The van der Waals surface area contributed by atoms with E-state index in [9.17, 15) is 0 Å². The van der Waals surface area contributed by atoms with Crippen molar-refractivity contribution in [2.24, 2.45) is 0 Å². The fourth-order valence-electron chi connectivity index (χ4n) is 1.48.